The standard InChI is InChI=1S/C7H4F3ISe/c8-7(9,10)12-6-3-1-5(11)2-4-6/h1-4H. The van der Waals surface area contributed by atoms with Gasteiger partial charge in [-0.2, -0.15) is 0 Å². The zero-order valence-corrected chi connectivity index (χ0v) is 9.60. The molecule has 0 unspecified atom stereocenters. The molecule has 0 saturated heterocycles. The van der Waals surface area contributed by atoms with Gasteiger partial charge >= 0.3 is 88.1 Å². The second kappa shape index (κ2) is 3.98. The molecule has 1 rings (SSSR count). The van der Waals surface area contributed by atoms with E-state index in [1.54, 1.807) is 12.1 Å². The Morgan fingerprint density at radius 1 is 1.08 bits per heavy atom. The molecule has 0 aliphatic carbocycles. The van der Waals surface area contributed by atoms with Crippen LogP contribution in [0.15, 0.2) is 24.3 Å². The molecule has 0 radical (unpaired) electrons. The van der Waals surface area contributed by atoms with Crippen molar-refractivity contribution in [3.05, 3.63) is 27.8 Å². The summed E-state index contributed by atoms with van der Waals surface area (Å²) in [6.07, 6.45) is 0. The third kappa shape index (κ3) is 3.78. The number of alkyl halides is 3. The van der Waals surface area contributed by atoms with E-state index in [0.29, 0.717) is 4.46 Å². The fourth-order valence-corrected chi connectivity index (χ4v) is 2.13. The van der Waals surface area contributed by atoms with Crippen LogP contribution in [0.4, 0.5) is 13.2 Å². The van der Waals surface area contributed by atoms with E-state index in [2.05, 4.69) is 22.6 Å². The molecule has 0 bridgehead atoms. The van der Waals surface area contributed by atoms with Crippen molar-refractivity contribution in [3.8, 4) is 0 Å². The van der Waals surface area contributed by atoms with Gasteiger partial charge in [0.15, 0.2) is 0 Å². The summed E-state index contributed by atoms with van der Waals surface area (Å²) in [6.45, 7) is 0. The molecule has 5 heteroatoms. The first-order valence-corrected chi connectivity index (χ1v) is 5.78. The second-order valence-corrected chi connectivity index (χ2v) is 5.64. The van der Waals surface area contributed by atoms with Crippen molar-refractivity contribution in [2.24, 2.45) is 0 Å². The Balaban J connectivity index is 2.71. The van der Waals surface area contributed by atoms with Crippen LogP contribution >= 0.6 is 22.6 Å². The molecule has 0 amide bonds. The monoisotopic (exact) mass is 352 g/mol. The van der Waals surface area contributed by atoms with Gasteiger partial charge < -0.3 is 0 Å². The van der Waals surface area contributed by atoms with E-state index in [1.165, 1.54) is 12.1 Å². The fraction of sp³-hybridized carbons (Fsp3) is 0.143. The van der Waals surface area contributed by atoms with Crippen LogP contribution in [0.5, 0.6) is 0 Å². The Morgan fingerprint density at radius 3 is 2.00 bits per heavy atom. The molecule has 1 aromatic rings. The normalized spacial score (nSPS) is 11.7. The van der Waals surface area contributed by atoms with Gasteiger partial charge in [0.25, 0.3) is 0 Å². The molecule has 66 valence electrons. The minimum absolute atomic E-state index is 0.371. The summed E-state index contributed by atoms with van der Waals surface area (Å²) in [6, 6.07) is 6.41. The van der Waals surface area contributed by atoms with Gasteiger partial charge in [-0.15, -0.1) is 0 Å². The molecule has 0 spiro atoms. The average molecular weight is 351 g/mol. The molecule has 0 saturated carbocycles. The van der Waals surface area contributed by atoms with Crippen LogP contribution in [0.25, 0.3) is 0 Å². The first-order valence-electron chi connectivity index (χ1n) is 2.99. The molecule has 0 atom stereocenters. The molecular weight excluding hydrogens is 347 g/mol. The second-order valence-electron chi connectivity index (χ2n) is 2.00. The van der Waals surface area contributed by atoms with Crippen molar-refractivity contribution < 1.29 is 13.2 Å². The minimum atomic E-state index is -4.04. The molecule has 0 nitrogen and oxygen atoms in total. The van der Waals surface area contributed by atoms with Crippen LogP contribution < -0.4 is 4.46 Å². The van der Waals surface area contributed by atoms with Gasteiger partial charge in [-0.25, -0.2) is 0 Å². The molecule has 0 fully saturated rings. The van der Waals surface area contributed by atoms with Crippen molar-refractivity contribution >= 4 is 42.0 Å². The molecular formula is C7H4F3ISe. The Labute approximate surface area is 87.8 Å². The summed E-state index contributed by atoms with van der Waals surface area (Å²) >= 11 is 0.654. The summed E-state index contributed by atoms with van der Waals surface area (Å²) in [4.78, 5) is 0. The Kier molecular flexibility index (Phi) is 3.43. The molecule has 1 aromatic carbocycles. The maximum absolute atomic E-state index is 11.9. The molecule has 0 aliphatic heterocycles. The molecule has 0 heterocycles. The average Bonchev–Trinajstić information content (AvgIpc) is 1.91. The van der Waals surface area contributed by atoms with Gasteiger partial charge in [0.1, 0.15) is 0 Å². The summed E-state index contributed by atoms with van der Waals surface area (Å²) in [7, 11) is 0. The topological polar surface area (TPSA) is 0 Å². The predicted octanol–water partition coefficient (Wildman–Crippen LogP) is 2.14. The van der Waals surface area contributed by atoms with Gasteiger partial charge in [0, 0.05) is 0 Å². The van der Waals surface area contributed by atoms with Crippen LogP contribution in [0, 0.1) is 3.57 Å². The Hall–Kier alpha value is 0.259. The van der Waals surface area contributed by atoms with Crippen molar-refractivity contribution in [2.75, 3.05) is 0 Å². The van der Waals surface area contributed by atoms with Gasteiger partial charge in [-0.3, -0.25) is 0 Å². The van der Waals surface area contributed by atoms with Gasteiger partial charge in [-0.05, 0) is 0 Å². The summed E-state index contributed by atoms with van der Waals surface area (Å²) < 4.78 is 36.9. The van der Waals surface area contributed by atoms with Crippen LogP contribution in [0.3, 0.4) is 0 Å². The van der Waals surface area contributed by atoms with Crippen molar-refractivity contribution in [2.45, 2.75) is 5.07 Å². The molecule has 12 heavy (non-hydrogen) atoms. The number of rotatable bonds is 1. The third-order valence-corrected chi connectivity index (χ3v) is 3.32. The number of halogens is 4. The van der Waals surface area contributed by atoms with Gasteiger partial charge in [-0.1, -0.05) is 0 Å². The predicted molar refractivity (Wildman–Crippen MR) is 50.6 cm³/mol. The summed E-state index contributed by atoms with van der Waals surface area (Å²) in [5.41, 5.74) is 0. The van der Waals surface area contributed by atoms with E-state index in [-0.39, 0.29) is 0 Å². The third-order valence-electron chi connectivity index (χ3n) is 1.05. The zero-order chi connectivity index (χ0) is 9.19. The number of hydrogen-bond acceptors (Lipinski definition) is 0. The van der Waals surface area contributed by atoms with E-state index in [4.69, 9.17) is 0 Å². The SMILES string of the molecule is FC(F)(F)[Se]c1ccc(I)cc1. The quantitative estimate of drug-likeness (QED) is 0.538. The van der Waals surface area contributed by atoms with Crippen molar-refractivity contribution in [3.63, 3.8) is 0 Å². The first-order chi connectivity index (χ1) is 5.47. The first kappa shape index (κ1) is 10.3. The number of hydrogen-bond donors (Lipinski definition) is 0. The van der Waals surface area contributed by atoms with Crippen LogP contribution in [0.2, 0.25) is 0 Å². The van der Waals surface area contributed by atoms with E-state index in [9.17, 15) is 13.2 Å². The Morgan fingerprint density at radius 2 is 1.58 bits per heavy atom. The van der Waals surface area contributed by atoms with E-state index < -0.39 is 20.0 Å². The molecule has 0 aliphatic rings. The zero-order valence-electron chi connectivity index (χ0n) is 5.73. The van der Waals surface area contributed by atoms with Gasteiger partial charge in [0.2, 0.25) is 0 Å². The van der Waals surface area contributed by atoms with Crippen LogP contribution in [-0.4, -0.2) is 20.0 Å². The molecule has 0 N–H and O–H groups in total. The van der Waals surface area contributed by atoms with E-state index >= 15 is 0 Å². The number of benzene rings is 1. The maximum atomic E-state index is 11.9. The van der Waals surface area contributed by atoms with Crippen molar-refractivity contribution in [1.29, 1.82) is 0 Å². The summed E-state index contributed by atoms with van der Waals surface area (Å²) in [5.74, 6) is 0. The fourth-order valence-electron chi connectivity index (χ4n) is 0.636. The van der Waals surface area contributed by atoms with Crippen LogP contribution in [-0.2, 0) is 0 Å². The summed E-state index contributed by atoms with van der Waals surface area (Å²) in [5, 5.41) is -4.04. The van der Waals surface area contributed by atoms with Gasteiger partial charge in [0.05, 0.1) is 0 Å². The molecule has 0 aromatic heterocycles. The Bertz CT molecular complexity index is 254. The van der Waals surface area contributed by atoms with E-state index in [1.807, 2.05) is 0 Å². The van der Waals surface area contributed by atoms with Crippen molar-refractivity contribution in [1.82, 2.24) is 0 Å². The van der Waals surface area contributed by atoms with Crippen LogP contribution in [0.1, 0.15) is 0 Å². The van der Waals surface area contributed by atoms with E-state index in [0.717, 1.165) is 3.57 Å².